The van der Waals surface area contributed by atoms with Crippen molar-refractivity contribution in [2.45, 2.75) is 70.2 Å². The van der Waals surface area contributed by atoms with Gasteiger partial charge in [-0.2, -0.15) is 0 Å². The Balaban J connectivity index is 1.39. The molecule has 160 valence electrons. The van der Waals surface area contributed by atoms with Crippen molar-refractivity contribution < 1.29 is 14.4 Å². The molecule has 30 heavy (non-hydrogen) atoms. The summed E-state index contributed by atoms with van der Waals surface area (Å²) in [7, 11) is 0. The van der Waals surface area contributed by atoms with E-state index in [1.807, 2.05) is 12.1 Å². The van der Waals surface area contributed by atoms with E-state index in [9.17, 15) is 14.4 Å². The van der Waals surface area contributed by atoms with Crippen molar-refractivity contribution in [2.24, 2.45) is 5.92 Å². The van der Waals surface area contributed by atoms with Gasteiger partial charge < -0.3 is 10.2 Å². The highest BCUT2D eigenvalue weighted by Crippen LogP contribution is 2.42. The molecule has 3 unspecified atom stereocenters. The van der Waals surface area contributed by atoms with E-state index in [1.54, 1.807) is 4.90 Å². The second-order valence-corrected chi connectivity index (χ2v) is 9.57. The third-order valence-electron chi connectivity index (χ3n) is 7.58. The number of carbonyl (C=O) groups excluding carboxylic acids is 3. The number of piperidine rings is 1. The fraction of sp³-hybridized carbons (Fsp3) is 0.609. The number of fused-ring (bicyclic) bond motifs is 1. The highest BCUT2D eigenvalue weighted by Gasteiger charge is 2.54. The molecule has 0 radical (unpaired) electrons. The lowest BCUT2D eigenvalue weighted by atomic mass is 9.74. The van der Waals surface area contributed by atoms with Crippen molar-refractivity contribution in [1.29, 1.82) is 0 Å². The van der Waals surface area contributed by atoms with E-state index >= 15 is 0 Å². The maximum atomic E-state index is 13.1. The lowest BCUT2D eigenvalue weighted by Gasteiger charge is -2.55. The summed E-state index contributed by atoms with van der Waals surface area (Å²) in [5.41, 5.74) is 3.16. The quantitative estimate of drug-likeness (QED) is 0.734. The van der Waals surface area contributed by atoms with Gasteiger partial charge in [0.1, 0.15) is 6.04 Å². The summed E-state index contributed by atoms with van der Waals surface area (Å²) < 4.78 is 0. The normalized spacial score (nSPS) is 31.4. The number of benzene rings is 1. The third-order valence-corrected chi connectivity index (χ3v) is 7.58. The Morgan fingerprint density at radius 3 is 2.77 bits per heavy atom. The van der Waals surface area contributed by atoms with Gasteiger partial charge in [0.25, 0.3) is 5.91 Å². The molecule has 7 heteroatoms. The molecule has 1 aromatic carbocycles. The van der Waals surface area contributed by atoms with Crippen LogP contribution in [0.4, 0.5) is 0 Å². The Hall–Kier alpha value is -2.25. The van der Waals surface area contributed by atoms with Gasteiger partial charge in [-0.1, -0.05) is 26.0 Å². The summed E-state index contributed by atoms with van der Waals surface area (Å²) in [6.45, 7) is 7.97. The van der Waals surface area contributed by atoms with Crippen LogP contribution < -0.4 is 10.6 Å². The van der Waals surface area contributed by atoms with Crippen LogP contribution in [0.15, 0.2) is 18.2 Å². The van der Waals surface area contributed by atoms with Gasteiger partial charge in [-0.25, -0.2) is 0 Å². The Morgan fingerprint density at radius 1 is 1.23 bits per heavy atom. The fourth-order valence-electron chi connectivity index (χ4n) is 6.06. The predicted octanol–water partition coefficient (Wildman–Crippen LogP) is 1.41. The number of imide groups is 1. The lowest BCUT2D eigenvalue weighted by Crippen LogP contribution is -2.74. The van der Waals surface area contributed by atoms with E-state index in [0.717, 1.165) is 25.2 Å². The molecule has 0 aromatic heterocycles. The van der Waals surface area contributed by atoms with Gasteiger partial charge in [0.15, 0.2) is 0 Å². The van der Waals surface area contributed by atoms with Gasteiger partial charge in [-0.3, -0.25) is 24.6 Å². The van der Waals surface area contributed by atoms with E-state index < -0.39 is 6.04 Å². The molecule has 4 aliphatic rings. The SMILES string of the molecule is CC(C)C1NCC12CCCN2Cc1cccc2c1CN(C1CCC(=O)NC1=O)C2=O. The first kappa shape index (κ1) is 19.7. The fourth-order valence-corrected chi connectivity index (χ4v) is 6.06. The first-order valence-corrected chi connectivity index (χ1v) is 11.1. The standard InChI is InChI=1S/C23H30N4O3/c1-14(2)20-23(13-24-20)9-4-10-26(23)11-15-5-3-6-16-17(15)12-27(22(16)30)18-7-8-19(28)25-21(18)29/h3,5-6,14,18,20,24H,4,7-13H2,1-2H3,(H,25,28,29). The van der Waals surface area contributed by atoms with Crippen LogP contribution in [0.5, 0.6) is 0 Å². The molecule has 1 aromatic rings. The Kier molecular flexibility index (Phi) is 4.71. The van der Waals surface area contributed by atoms with E-state index in [-0.39, 0.29) is 29.7 Å². The minimum atomic E-state index is -0.560. The first-order chi connectivity index (χ1) is 14.4. The van der Waals surface area contributed by atoms with E-state index in [0.29, 0.717) is 30.5 Å². The molecule has 1 spiro atoms. The molecule has 3 saturated heterocycles. The van der Waals surface area contributed by atoms with E-state index in [1.165, 1.54) is 18.4 Å². The van der Waals surface area contributed by atoms with Crippen LogP contribution in [-0.2, 0) is 22.7 Å². The average Bonchev–Trinajstić information content (AvgIpc) is 3.25. The summed E-state index contributed by atoms with van der Waals surface area (Å²) in [6.07, 6.45) is 3.11. The van der Waals surface area contributed by atoms with Gasteiger partial charge >= 0.3 is 0 Å². The Labute approximate surface area is 177 Å². The summed E-state index contributed by atoms with van der Waals surface area (Å²) in [4.78, 5) is 41.2. The number of carbonyl (C=O) groups is 3. The van der Waals surface area contributed by atoms with Crippen molar-refractivity contribution >= 4 is 17.7 Å². The molecule has 5 rings (SSSR count). The largest absolute Gasteiger partial charge is 0.322 e. The zero-order valence-electron chi connectivity index (χ0n) is 17.7. The van der Waals surface area contributed by atoms with Crippen LogP contribution in [0, 0.1) is 5.92 Å². The molecule has 3 fully saturated rings. The Morgan fingerprint density at radius 2 is 2.07 bits per heavy atom. The monoisotopic (exact) mass is 410 g/mol. The van der Waals surface area contributed by atoms with Gasteiger partial charge in [0.05, 0.1) is 0 Å². The molecule has 3 atom stereocenters. The number of nitrogens with zero attached hydrogens (tertiary/aromatic N) is 2. The van der Waals surface area contributed by atoms with Crippen molar-refractivity contribution in [3.63, 3.8) is 0 Å². The zero-order chi connectivity index (χ0) is 21.0. The minimum absolute atomic E-state index is 0.0946. The van der Waals surface area contributed by atoms with Crippen LogP contribution in [0.25, 0.3) is 0 Å². The average molecular weight is 411 g/mol. The zero-order valence-corrected chi connectivity index (χ0v) is 17.7. The van der Waals surface area contributed by atoms with E-state index in [4.69, 9.17) is 0 Å². The minimum Gasteiger partial charge on any atom is -0.322 e. The molecule has 0 bridgehead atoms. The lowest BCUT2D eigenvalue weighted by molar-refractivity contribution is -0.136. The molecule has 4 aliphatic heterocycles. The van der Waals surface area contributed by atoms with Crippen molar-refractivity contribution in [3.8, 4) is 0 Å². The number of rotatable bonds is 4. The summed E-state index contributed by atoms with van der Waals surface area (Å²) >= 11 is 0. The molecule has 0 saturated carbocycles. The maximum absolute atomic E-state index is 13.1. The van der Waals surface area contributed by atoms with Gasteiger partial charge in [0, 0.05) is 43.2 Å². The highest BCUT2D eigenvalue weighted by molar-refractivity contribution is 6.05. The van der Waals surface area contributed by atoms with Crippen LogP contribution in [-0.4, -0.2) is 58.2 Å². The molecule has 4 heterocycles. The highest BCUT2D eigenvalue weighted by atomic mass is 16.2. The van der Waals surface area contributed by atoms with Crippen LogP contribution >= 0.6 is 0 Å². The van der Waals surface area contributed by atoms with Crippen molar-refractivity contribution in [2.75, 3.05) is 13.1 Å². The maximum Gasteiger partial charge on any atom is 0.255 e. The number of hydrogen-bond donors (Lipinski definition) is 2. The summed E-state index contributed by atoms with van der Waals surface area (Å²) in [6, 6.07) is 5.91. The van der Waals surface area contributed by atoms with Crippen LogP contribution in [0.3, 0.4) is 0 Å². The van der Waals surface area contributed by atoms with Crippen molar-refractivity contribution in [3.05, 3.63) is 34.9 Å². The van der Waals surface area contributed by atoms with Crippen LogP contribution in [0.1, 0.15) is 61.0 Å². The van der Waals surface area contributed by atoms with Crippen molar-refractivity contribution in [1.82, 2.24) is 20.4 Å². The second kappa shape index (κ2) is 7.17. The molecule has 7 nitrogen and oxygen atoms in total. The van der Waals surface area contributed by atoms with Gasteiger partial charge in [-0.05, 0) is 48.9 Å². The van der Waals surface area contributed by atoms with E-state index in [2.05, 4.69) is 35.4 Å². The van der Waals surface area contributed by atoms with Gasteiger partial charge in [0.2, 0.25) is 11.8 Å². The molecule has 2 N–H and O–H groups in total. The molecular weight excluding hydrogens is 380 g/mol. The molecular formula is C23H30N4O3. The molecule has 0 aliphatic carbocycles. The number of likely N-dealkylation sites (tertiary alicyclic amines) is 1. The summed E-state index contributed by atoms with van der Waals surface area (Å²) in [5.74, 6) is -0.115. The Bertz CT molecular complexity index is 914. The summed E-state index contributed by atoms with van der Waals surface area (Å²) in [5, 5.41) is 6.02. The number of amides is 3. The number of hydrogen-bond acceptors (Lipinski definition) is 5. The number of nitrogens with one attached hydrogen (secondary N) is 2. The van der Waals surface area contributed by atoms with Gasteiger partial charge in [-0.15, -0.1) is 0 Å². The second-order valence-electron chi connectivity index (χ2n) is 9.57. The smallest absolute Gasteiger partial charge is 0.255 e. The molecule has 3 amide bonds. The first-order valence-electron chi connectivity index (χ1n) is 11.1. The predicted molar refractivity (Wildman–Crippen MR) is 111 cm³/mol. The third kappa shape index (κ3) is 2.90. The van der Waals surface area contributed by atoms with Crippen LogP contribution in [0.2, 0.25) is 0 Å². The topological polar surface area (TPSA) is 81.8 Å².